The molecule has 13 heavy (non-hydrogen) atoms. The van der Waals surface area contributed by atoms with E-state index in [0.717, 1.165) is 18.5 Å². The van der Waals surface area contributed by atoms with Gasteiger partial charge in [0, 0.05) is 19.5 Å². The standard InChI is InChI=1S/C10H18N2O/c1-8(2)6-12-7-9(5-11)3-4-10(12)13/h9H,1,3-7,11H2,2H3. The van der Waals surface area contributed by atoms with E-state index in [1.807, 2.05) is 11.8 Å². The van der Waals surface area contributed by atoms with Gasteiger partial charge in [-0.2, -0.15) is 0 Å². The average molecular weight is 182 g/mol. The van der Waals surface area contributed by atoms with E-state index in [1.54, 1.807) is 0 Å². The summed E-state index contributed by atoms with van der Waals surface area (Å²) in [7, 11) is 0. The Kier molecular flexibility index (Phi) is 3.48. The Morgan fingerprint density at radius 2 is 2.46 bits per heavy atom. The lowest BCUT2D eigenvalue weighted by molar-refractivity contribution is -0.134. The van der Waals surface area contributed by atoms with E-state index in [9.17, 15) is 4.79 Å². The quantitative estimate of drug-likeness (QED) is 0.655. The van der Waals surface area contributed by atoms with Crippen molar-refractivity contribution in [3.63, 3.8) is 0 Å². The minimum Gasteiger partial charge on any atom is -0.338 e. The van der Waals surface area contributed by atoms with Crippen LogP contribution in [0, 0.1) is 5.92 Å². The normalized spacial score (nSPS) is 23.4. The van der Waals surface area contributed by atoms with Crippen LogP contribution in [0.2, 0.25) is 0 Å². The van der Waals surface area contributed by atoms with Crippen LogP contribution in [0.15, 0.2) is 12.2 Å². The number of carbonyl (C=O) groups is 1. The van der Waals surface area contributed by atoms with Gasteiger partial charge in [-0.25, -0.2) is 0 Å². The molecule has 0 saturated carbocycles. The summed E-state index contributed by atoms with van der Waals surface area (Å²) in [6, 6.07) is 0. The molecule has 0 spiro atoms. The number of rotatable bonds is 3. The third kappa shape index (κ3) is 2.84. The molecule has 0 radical (unpaired) electrons. The molecule has 0 aliphatic carbocycles. The molecule has 1 aliphatic heterocycles. The van der Waals surface area contributed by atoms with Crippen LogP contribution in [-0.4, -0.2) is 30.4 Å². The second kappa shape index (κ2) is 4.42. The van der Waals surface area contributed by atoms with E-state index in [-0.39, 0.29) is 5.91 Å². The topological polar surface area (TPSA) is 46.3 Å². The molecule has 0 aromatic rings. The number of piperidine rings is 1. The zero-order chi connectivity index (χ0) is 9.84. The SMILES string of the molecule is C=C(C)CN1CC(CN)CCC1=O. The molecule has 3 heteroatoms. The Morgan fingerprint density at radius 3 is 3.00 bits per heavy atom. The molecular formula is C10H18N2O. The number of amides is 1. The highest BCUT2D eigenvalue weighted by molar-refractivity contribution is 5.77. The first-order valence-electron chi connectivity index (χ1n) is 4.75. The van der Waals surface area contributed by atoms with Crippen molar-refractivity contribution in [1.29, 1.82) is 0 Å². The monoisotopic (exact) mass is 182 g/mol. The van der Waals surface area contributed by atoms with Gasteiger partial charge in [-0.05, 0) is 25.8 Å². The van der Waals surface area contributed by atoms with Crippen molar-refractivity contribution in [2.45, 2.75) is 19.8 Å². The van der Waals surface area contributed by atoms with Gasteiger partial charge in [0.15, 0.2) is 0 Å². The highest BCUT2D eigenvalue weighted by Crippen LogP contribution is 2.16. The first-order valence-corrected chi connectivity index (χ1v) is 4.75. The molecule has 0 aromatic heterocycles. The van der Waals surface area contributed by atoms with Crippen molar-refractivity contribution < 1.29 is 4.79 Å². The van der Waals surface area contributed by atoms with Gasteiger partial charge in [-0.1, -0.05) is 12.2 Å². The van der Waals surface area contributed by atoms with Gasteiger partial charge in [0.1, 0.15) is 0 Å². The molecule has 1 atom stereocenters. The minimum atomic E-state index is 0.243. The van der Waals surface area contributed by atoms with Crippen molar-refractivity contribution >= 4 is 5.91 Å². The molecule has 1 fully saturated rings. The predicted octanol–water partition coefficient (Wildman–Crippen LogP) is 0.760. The predicted molar refractivity (Wildman–Crippen MR) is 53.2 cm³/mol. The van der Waals surface area contributed by atoms with E-state index < -0.39 is 0 Å². The van der Waals surface area contributed by atoms with Gasteiger partial charge in [0.25, 0.3) is 0 Å². The zero-order valence-electron chi connectivity index (χ0n) is 8.25. The van der Waals surface area contributed by atoms with Gasteiger partial charge in [-0.15, -0.1) is 0 Å². The number of nitrogens with two attached hydrogens (primary N) is 1. The lowest BCUT2D eigenvalue weighted by Crippen LogP contribution is -2.42. The Bertz CT molecular complexity index is 213. The smallest absolute Gasteiger partial charge is 0.222 e. The van der Waals surface area contributed by atoms with Gasteiger partial charge in [-0.3, -0.25) is 4.79 Å². The summed E-state index contributed by atoms with van der Waals surface area (Å²) in [5.41, 5.74) is 6.61. The maximum Gasteiger partial charge on any atom is 0.222 e. The lowest BCUT2D eigenvalue weighted by Gasteiger charge is -2.32. The van der Waals surface area contributed by atoms with Crippen molar-refractivity contribution in [3.8, 4) is 0 Å². The molecule has 1 saturated heterocycles. The zero-order valence-corrected chi connectivity index (χ0v) is 8.25. The third-order valence-corrected chi connectivity index (χ3v) is 2.39. The lowest BCUT2D eigenvalue weighted by atomic mass is 9.97. The van der Waals surface area contributed by atoms with E-state index in [1.165, 1.54) is 0 Å². The van der Waals surface area contributed by atoms with E-state index >= 15 is 0 Å². The summed E-state index contributed by atoms with van der Waals surface area (Å²) in [6.45, 7) is 7.93. The number of carbonyl (C=O) groups excluding carboxylic acids is 1. The Balaban J connectivity index is 2.49. The highest BCUT2D eigenvalue weighted by atomic mass is 16.2. The molecule has 2 N–H and O–H groups in total. The van der Waals surface area contributed by atoms with E-state index in [0.29, 0.717) is 25.4 Å². The van der Waals surface area contributed by atoms with Crippen LogP contribution in [0.1, 0.15) is 19.8 Å². The molecule has 3 nitrogen and oxygen atoms in total. The van der Waals surface area contributed by atoms with Crippen LogP contribution in [0.5, 0.6) is 0 Å². The summed E-state index contributed by atoms with van der Waals surface area (Å²) in [5, 5.41) is 0. The number of hydrogen-bond donors (Lipinski definition) is 1. The Hall–Kier alpha value is -0.830. The fourth-order valence-corrected chi connectivity index (χ4v) is 1.66. The van der Waals surface area contributed by atoms with Crippen molar-refractivity contribution in [3.05, 3.63) is 12.2 Å². The van der Waals surface area contributed by atoms with Crippen molar-refractivity contribution in [2.75, 3.05) is 19.6 Å². The highest BCUT2D eigenvalue weighted by Gasteiger charge is 2.24. The second-order valence-corrected chi connectivity index (χ2v) is 3.87. The fourth-order valence-electron chi connectivity index (χ4n) is 1.66. The average Bonchev–Trinajstić information content (AvgIpc) is 2.08. The fraction of sp³-hybridized carbons (Fsp3) is 0.700. The van der Waals surface area contributed by atoms with E-state index in [4.69, 9.17) is 5.73 Å². The second-order valence-electron chi connectivity index (χ2n) is 3.87. The van der Waals surface area contributed by atoms with Crippen LogP contribution in [0.3, 0.4) is 0 Å². The van der Waals surface area contributed by atoms with Crippen molar-refractivity contribution in [1.82, 2.24) is 4.90 Å². The Labute approximate surface area is 79.6 Å². The first kappa shape index (κ1) is 10.3. The first-order chi connectivity index (χ1) is 6.13. The number of likely N-dealkylation sites (tertiary alicyclic amines) is 1. The molecule has 0 aromatic carbocycles. The number of hydrogen-bond acceptors (Lipinski definition) is 2. The minimum absolute atomic E-state index is 0.243. The van der Waals surface area contributed by atoms with Gasteiger partial charge < -0.3 is 10.6 Å². The van der Waals surface area contributed by atoms with Crippen molar-refractivity contribution in [2.24, 2.45) is 11.7 Å². The van der Waals surface area contributed by atoms with E-state index in [2.05, 4.69) is 6.58 Å². The molecule has 1 heterocycles. The molecule has 74 valence electrons. The maximum absolute atomic E-state index is 11.4. The van der Waals surface area contributed by atoms with Crippen LogP contribution in [-0.2, 0) is 4.79 Å². The van der Waals surface area contributed by atoms with Gasteiger partial charge >= 0.3 is 0 Å². The van der Waals surface area contributed by atoms with Crippen LogP contribution < -0.4 is 5.73 Å². The summed E-state index contributed by atoms with van der Waals surface area (Å²) in [4.78, 5) is 13.3. The molecule has 1 rings (SSSR count). The largest absolute Gasteiger partial charge is 0.338 e. The molecule has 1 amide bonds. The van der Waals surface area contributed by atoms with Gasteiger partial charge in [0.05, 0.1) is 0 Å². The number of nitrogens with zero attached hydrogens (tertiary/aromatic N) is 1. The third-order valence-electron chi connectivity index (χ3n) is 2.39. The molecule has 0 bridgehead atoms. The maximum atomic E-state index is 11.4. The van der Waals surface area contributed by atoms with Crippen LogP contribution >= 0.6 is 0 Å². The molecule has 1 unspecified atom stereocenters. The summed E-state index contributed by atoms with van der Waals surface area (Å²) >= 11 is 0. The summed E-state index contributed by atoms with van der Waals surface area (Å²) in [6.07, 6.45) is 1.59. The Morgan fingerprint density at radius 1 is 1.77 bits per heavy atom. The molecule has 1 aliphatic rings. The van der Waals surface area contributed by atoms with Crippen LogP contribution in [0.4, 0.5) is 0 Å². The summed E-state index contributed by atoms with van der Waals surface area (Å²) < 4.78 is 0. The molecular weight excluding hydrogens is 164 g/mol. The summed E-state index contributed by atoms with van der Waals surface area (Å²) in [5.74, 6) is 0.727. The van der Waals surface area contributed by atoms with Crippen LogP contribution in [0.25, 0.3) is 0 Å². The van der Waals surface area contributed by atoms with Gasteiger partial charge in [0.2, 0.25) is 5.91 Å².